The van der Waals surface area contributed by atoms with E-state index in [1.807, 2.05) is 6.07 Å². The van der Waals surface area contributed by atoms with Gasteiger partial charge < -0.3 is 20.5 Å². The number of carboxylic acids is 1. The number of halogens is 1. The Morgan fingerprint density at radius 1 is 1.33 bits per heavy atom. The van der Waals surface area contributed by atoms with E-state index in [0.717, 1.165) is 17.8 Å². The van der Waals surface area contributed by atoms with E-state index in [0.29, 0.717) is 11.4 Å². The van der Waals surface area contributed by atoms with Gasteiger partial charge in [-0.3, -0.25) is 0 Å². The number of carboxylic acid groups (broad SMARTS) is 1. The quantitative estimate of drug-likeness (QED) is 0.847. The van der Waals surface area contributed by atoms with Crippen LogP contribution in [0.5, 0.6) is 5.75 Å². The number of methoxy groups -OCH3 is 1. The van der Waals surface area contributed by atoms with Crippen LogP contribution in [0.25, 0.3) is 0 Å². The van der Waals surface area contributed by atoms with E-state index in [1.54, 1.807) is 37.3 Å². The van der Waals surface area contributed by atoms with E-state index in [9.17, 15) is 9.18 Å². The molecule has 0 fully saturated rings. The minimum Gasteiger partial charge on any atom is -0.497 e. The molecule has 2 rings (SSSR count). The molecule has 0 unspecified atom stereocenters. The van der Waals surface area contributed by atoms with Gasteiger partial charge in [0.1, 0.15) is 11.6 Å². The summed E-state index contributed by atoms with van der Waals surface area (Å²) >= 11 is 0. The molecule has 0 atom stereocenters. The molecule has 5 nitrogen and oxygen atoms in total. The SMILES string of the molecule is COc1cccc(N(C)c2cc(F)c(C(=O)O)cc2N)c1. The highest BCUT2D eigenvalue weighted by atomic mass is 19.1. The second-order valence-corrected chi connectivity index (χ2v) is 4.46. The molecule has 0 amide bonds. The fourth-order valence-electron chi connectivity index (χ4n) is 1.99. The maximum absolute atomic E-state index is 13.8. The number of ether oxygens (including phenoxy) is 1. The first-order valence-electron chi connectivity index (χ1n) is 6.14. The summed E-state index contributed by atoms with van der Waals surface area (Å²) in [5.41, 5.74) is 6.68. The Labute approximate surface area is 121 Å². The van der Waals surface area contributed by atoms with Crippen molar-refractivity contribution in [1.82, 2.24) is 0 Å². The van der Waals surface area contributed by atoms with Crippen LogP contribution in [-0.2, 0) is 0 Å². The average Bonchev–Trinajstić information content (AvgIpc) is 2.48. The zero-order valence-corrected chi connectivity index (χ0v) is 11.6. The fraction of sp³-hybridized carbons (Fsp3) is 0.133. The van der Waals surface area contributed by atoms with Gasteiger partial charge >= 0.3 is 5.97 Å². The van der Waals surface area contributed by atoms with Gasteiger partial charge in [0, 0.05) is 24.9 Å². The molecule has 0 aliphatic heterocycles. The Balaban J connectivity index is 2.45. The van der Waals surface area contributed by atoms with Crippen molar-refractivity contribution in [3.63, 3.8) is 0 Å². The first kappa shape index (κ1) is 14.6. The number of nitrogen functional groups attached to an aromatic ring is 1. The second-order valence-electron chi connectivity index (χ2n) is 4.46. The maximum atomic E-state index is 13.8. The van der Waals surface area contributed by atoms with Gasteiger partial charge in [-0.1, -0.05) is 6.07 Å². The molecule has 2 aromatic carbocycles. The lowest BCUT2D eigenvalue weighted by atomic mass is 10.1. The van der Waals surface area contributed by atoms with Gasteiger partial charge in [-0.25, -0.2) is 9.18 Å². The van der Waals surface area contributed by atoms with Gasteiger partial charge in [-0.05, 0) is 18.2 Å². The summed E-state index contributed by atoms with van der Waals surface area (Å²) in [4.78, 5) is 12.5. The fourth-order valence-corrected chi connectivity index (χ4v) is 1.99. The third-order valence-electron chi connectivity index (χ3n) is 3.15. The largest absolute Gasteiger partial charge is 0.497 e. The van der Waals surface area contributed by atoms with Crippen molar-refractivity contribution in [2.45, 2.75) is 0 Å². The molecule has 0 spiro atoms. The Kier molecular flexibility index (Phi) is 3.98. The van der Waals surface area contributed by atoms with Gasteiger partial charge in [-0.2, -0.15) is 0 Å². The van der Waals surface area contributed by atoms with Crippen LogP contribution >= 0.6 is 0 Å². The van der Waals surface area contributed by atoms with Crippen molar-refractivity contribution in [2.75, 3.05) is 24.8 Å². The molecule has 3 N–H and O–H groups in total. The van der Waals surface area contributed by atoms with Gasteiger partial charge in [0.25, 0.3) is 0 Å². The highest BCUT2D eigenvalue weighted by Gasteiger charge is 2.16. The second kappa shape index (κ2) is 5.70. The number of benzene rings is 2. The molecular formula is C15H15FN2O3. The number of aromatic carboxylic acids is 1. The Morgan fingerprint density at radius 2 is 2.05 bits per heavy atom. The van der Waals surface area contributed by atoms with Crippen LogP contribution in [0.3, 0.4) is 0 Å². The van der Waals surface area contributed by atoms with Gasteiger partial charge in [0.2, 0.25) is 0 Å². The van der Waals surface area contributed by atoms with Crippen LogP contribution in [0.1, 0.15) is 10.4 Å². The number of carbonyl (C=O) groups is 1. The zero-order valence-electron chi connectivity index (χ0n) is 11.6. The summed E-state index contributed by atoms with van der Waals surface area (Å²) in [7, 11) is 3.26. The Bertz CT molecular complexity index is 689. The van der Waals surface area contributed by atoms with Crippen molar-refractivity contribution in [3.05, 3.63) is 47.8 Å². The molecule has 0 aliphatic rings. The highest BCUT2D eigenvalue weighted by Crippen LogP contribution is 2.32. The van der Waals surface area contributed by atoms with Gasteiger partial charge in [-0.15, -0.1) is 0 Å². The van der Waals surface area contributed by atoms with Crippen LogP contribution in [0, 0.1) is 5.82 Å². The summed E-state index contributed by atoms with van der Waals surface area (Å²) in [6.07, 6.45) is 0. The topological polar surface area (TPSA) is 75.8 Å². The minimum absolute atomic E-state index is 0.180. The molecule has 21 heavy (non-hydrogen) atoms. The molecule has 0 saturated carbocycles. The van der Waals surface area contributed by atoms with Crippen LogP contribution in [0.2, 0.25) is 0 Å². The minimum atomic E-state index is -1.35. The molecule has 0 saturated heterocycles. The third kappa shape index (κ3) is 2.89. The molecule has 2 aromatic rings. The van der Waals surface area contributed by atoms with Crippen molar-refractivity contribution in [3.8, 4) is 5.75 Å². The predicted octanol–water partition coefficient (Wildman–Crippen LogP) is 2.88. The number of nitrogens with two attached hydrogens (primary N) is 1. The monoisotopic (exact) mass is 290 g/mol. The highest BCUT2D eigenvalue weighted by molar-refractivity contribution is 5.91. The lowest BCUT2D eigenvalue weighted by Gasteiger charge is -2.22. The standard InChI is InChI=1S/C15H15FN2O3/c1-18(9-4-3-5-10(6-9)21-2)14-8-12(16)11(15(19)20)7-13(14)17/h3-8H,17H2,1-2H3,(H,19,20). The number of anilines is 3. The molecule has 0 radical (unpaired) electrons. The average molecular weight is 290 g/mol. The number of hydrogen-bond donors (Lipinski definition) is 2. The lowest BCUT2D eigenvalue weighted by Crippen LogP contribution is -2.13. The van der Waals surface area contributed by atoms with E-state index in [4.69, 9.17) is 15.6 Å². The number of nitrogens with zero attached hydrogens (tertiary/aromatic N) is 1. The summed E-state index contributed by atoms with van der Waals surface area (Å²) in [5.74, 6) is -1.53. The van der Waals surface area contributed by atoms with Gasteiger partial charge in [0.05, 0.1) is 24.0 Å². The lowest BCUT2D eigenvalue weighted by molar-refractivity contribution is 0.0692. The van der Waals surface area contributed by atoms with Crippen molar-refractivity contribution in [1.29, 1.82) is 0 Å². The molecule has 110 valence electrons. The van der Waals surface area contributed by atoms with E-state index in [1.165, 1.54) is 0 Å². The maximum Gasteiger partial charge on any atom is 0.338 e. The van der Waals surface area contributed by atoms with E-state index < -0.39 is 17.3 Å². The van der Waals surface area contributed by atoms with Crippen molar-refractivity contribution >= 4 is 23.0 Å². The van der Waals surface area contributed by atoms with E-state index in [-0.39, 0.29) is 5.69 Å². The number of hydrogen-bond acceptors (Lipinski definition) is 4. The van der Waals surface area contributed by atoms with Crippen molar-refractivity contribution in [2.24, 2.45) is 0 Å². The molecular weight excluding hydrogens is 275 g/mol. The molecule has 0 bridgehead atoms. The Hall–Kier alpha value is -2.76. The van der Waals surface area contributed by atoms with Gasteiger partial charge in [0.15, 0.2) is 0 Å². The number of rotatable bonds is 4. The van der Waals surface area contributed by atoms with E-state index in [2.05, 4.69) is 0 Å². The third-order valence-corrected chi connectivity index (χ3v) is 3.15. The summed E-state index contributed by atoms with van der Waals surface area (Å²) in [6.45, 7) is 0. The smallest absolute Gasteiger partial charge is 0.338 e. The summed E-state index contributed by atoms with van der Waals surface area (Å²) in [5, 5.41) is 8.88. The van der Waals surface area contributed by atoms with Crippen LogP contribution in [0.4, 0.5) is 21.5 Å². The molecule has 6 heteroatoms. The normalized spacial score (nSPS) is 10.2. The predicted molar refractivity (Wildman–Crippen MR) is 78.8 cm³/mol. The summed E-state index contributed by atoms with van der Waals surface area (Å²) in [6, 6.07) is 9.38. The zero-order chi connectivity index (χ0) is 15.6. The first-order chi connectivity index (χ1) is 9.93. The van der Waals surface area contributed by atoms with Crippen LogP contribution < -0.4 is 15.4 Å². The van der Waals surface area contributed by atoms with Crippen molar-refractivity contribution < 1.29 is 19.0 Å². The van der Waals surface area contributed by atoms with Crippen LogP contribution in [0.15, 0.2) is 36.4 Å². The van der Waals surface area contributed by atoms with E-state index >= 15 is 0 Å². The summed E-state index contributed by atoms with van der Waals surface area (Å²) < 4.78 is 19.0. The molecule has 0 aromatic heterocycles. The molecule has 0 aliphatic carbocycles. The first-order valence-corrected chi connectivity index (χ1v) is 6.14. The molecule has 0 heterocycles. The van der Waals surface area contributed by atoms with Crippen LogP contribution in [-0.4, -0.2) is 25.2 Å². The Morgan fingerprint density at radius 3 is 2.67 bits per heavy atom.